The van der Waals surface area contributed by atoms with E-state index in [1.165, 1.54) is 24.9 Å². The number of halogens is 1. The summed E-state index contributed by atoms with van der Waals surface area (Å²) in [4.78, 5) is 2.44. The lowest BCUT2D eigenvalue weighted by molar-refractivity contribution is 0.429. The van der Waals surface area contributed by atoms with E-state index in [2.05, 4.69) is 10.2 Å². The van der Waals surface area contributed by atoms with Gasteiger partial charge in [0.15, 0.2) is 0 Å². The molecule has 0 radical (unpaired) electrons. The van der Waals surface area contributed by atoms with Crippen molar-refractivity contribution in [2.75, 3.05) is 18.0 Å². The van der Waals surface area contributed by atoms with E-state index in [9.17, 15) is 4.39 Å². The Morgan fingerprint density at radius 3 is 2.75 bits per heavy atom. The van der Waals surface area contributed by atoms with Crippen LogP contribution in [-0.2, 0) is 0 Å². The van der Waals surface area contributed by atoms with Gasteiger partial charge >= 0.3 is 0 Å². The SMILES string of the molecule is Fc1ccc(N2CC3CCC2CCN3)cc1. The molecule has 1 aromatic carbocycles. The molecular formula is C13H17FN2. The van der Waals surface area contributed by atoms with Crippen LogP contribution in [0.3, 0.4) is 0 Å². The zero-order chi connectivity index (χ0) is 11.0. The summed E-state index contributed by atoms with van der Waals surface area (Å²) in [6, 6.07) is 8.16. The highest BCUT2D eigenvalue weighted by atomic mass is 19.1. The third kappa shape index (κ3) is 1.80. The highest BCUT2D eigenvalue weighted by molar-refractivity contribution is 5.48. The maximum absolute atomic E-state index is 12.9. The quantitative estimate of drug-likeness (QED) is 0.780. The molecule has 3 fully saturated rings. The molecule has 2 bridgehead atoms. The van der Waals surface area contributed by atoms with E-state index in [0.717, 1.165) is 13.1 Å². The summed E-state index contributed by atoms with van der Waals surface area (Å²) in [6.07, 6.45) is 3.74. The summed E-state index contributed by atoms with van der Waals surface area (Å²) in [7, 11) is 0. The van der Waals surface area contributed by atoms with Gasteiger partial charge in [0.2, 0.25) is 0 Å². The number of hydrogen-bond donors (Lipinski definition) is 1. The van der Waals surface area contributed by atoms with E-state index in [1.807, 2.05) is 12.1 Å². The van der Waals surface area contributed by atoms with Gasteiger partial charge in [0.1, 0.15) is 5.82 Å². The zero-order valence-electron chi connectivity index (χ0n) is 9.32. The first kappa shape index (κ1) is 10.1. The van der Waals surface area contributed by atoms with Crippen LogP contribution < -0.4 is 10.2 Å². The lowest BCUT2D eigenvalue weighted by atomic mass is 9.98. The predicted molar refractivity (Wildman–Crippen MR) is 63.2 cm³/mol. The molecule has 0 spiro atoms. The number of hydrogen-bond acceptors (Lipinski definition) is 2. The van der Waals surface area contributed by atoms with E-state index in [1.54, 1.807) is 12.1 Å². The van der Waals surface area contributed by atoms with Crippen molar-refractivity contribution in [2.24, 2.45) is 0 Å². The summed E-state index contributed by atoms with van der Waals surface area (Å²) in [5.74, 6) is -0.151. The minimum absolute atomic E-state index is 0.151. The summed E-state index contributed by atoms with van der Waals surface area (Å²) >= 11 is 0. The van der Waals surface area contributed by atoms with Gasteiger partial charge in [0, 0.05) is 24.3 Å². The Hall–Kier alpha value is -1.09. The molecule has 3 aliphatic rings. The van der Waals surface area contributed by atoms with Crippen LogP contribution in [0.5, 0.6) is 0 Å². The molecule has 1 aromatic rings. The van der Waals surface area contributed by atoms with E-state index in [0.29, 0.717) is 12.1 Å². The van der Waals surface area contributed by atoms with Gasteiger partial charge in [0.25, 0.3) is 0 Å². The molecule has 2 atom stereocenters. The second-order valence-electron chi connectivity index (χ2n) is 4.80. The molecule has 1 N–H and O–H groups in total. The Bertz CT molecular complexity index is 359. The third-order valence-electron chi connectivity index (χ3n) is 3.78. The summed E-state index contributed by atoms with van der Waals surface area (Å²) in [6.45, 7) is 2.18. The maximum atomic E-state index is 12.9. The van der Waals surface area contributed by atoms with Gasteiger partial charge in [0.05, 0.1) is 0 Å². The van der Waals surface area contributed by atoms with Gasteiger partial charge in [-0.3, -0.25) is 0 Å². The summed E-state index contributed by atoms with van der Waals surface area (Å²) < 4.78 is 12.9. The fourth-order valence-electron chi connectivity index (χ4n) is 2.90. The van der Waals surface area contributed by atoms with E-state index in [-0.39, 0.29) is 5.82 Å². The van der Waals surface area contributed by atoms with Crippen LogP contribution >= 0.6 is 0 Å². The maximum Gasteiger partial charge on any atom is 0.123 e. The van der Waals surface area contributed by atoms with E-state index in [4.69, 9.17) is 0 Å². The highest BCUT2D eigenvalue weighted by Crippen LogP contribution is 2.28. The van der Waals surface area contributed by atoms with Crippen LogP contribution in [0.25, 0.3) is 0 Å². The fraction of sp³-hybridized carbons (Fsp3) is 0.538. The van der Waals surface area contributed by atoms with Crippen LogP contribution in [0.4, 0.5) is 10.1 Å². The molecule has 3 heterocycles. The Morgan fingerprint density at radius 2 is 1.94 bits per heavy atom. The fourth-order valence-corrected chi connectivity index (χ4v) is 2.90. The molecule has 2 nitrogen and oxygen atoms in total. The van der Waals surface area contributed by atoms with E-state index < -0.39 is 0 Å². The van der Waals surface area contributed by atoms with Gasteiger partial charge in [-0.15, -0.1) is 0 Å². The Kier molecular flexibility index (Phi) is 2.56. The Balaban J connectivity index is 1.86. The Labute approximate surface area is 95.4 Å². The molecule has 86 valence electrons. The predicted octanol–water partition coefficient (Wildman–Crippen LogP) is 2.16. The molecular weight excluding hydrogens is 203 g/mol. The van der Waals surface area contributed by atoms with Gasteiger partial charge in [-0.2, -0.15) is 0 Å². The van der Waals surface area contributed by atoms with Crippen molar-refractivity contribution in [1.82, 2.24) is 5.32 Å². The largest absolute Gasteiger partial charge is 0.367 e. The normalized spacial score (nSPS) is 29.2. The molecule has 0 saturated carbocycles. The monoisotopic (exact) mass is 220 g/mol. The summed E-state index contributed by atoms with van der Waals surface area (Å²) in [5, 5.41) is 3.57. The third-order valence-corrected chi connectivity index (χ3v) is 3.78. The number of nitrogens with zero attached hydrogens (tertiary/aromatic N) is 1. The van der Waals surface area contributed by atoms with Crippen LogP contribution in [0, 0.1) is 5.82 Å². The summed E-state index contributed by atoms with van der Waals surface area (Å²) in [5.41, 5.74) is 1.17. The smallest absolute Gasteiger partial charge is 0.123 e. The average Bonchev–Trinajstić information content (AvgIpc) is 2.64. The molecule has 3 aliphatic heterocycles. The first-order chi connectivity index (χ1) is 7.83. The standard InChI is InChI=1S/C13H17FN2/c14-10-1-4-12(5-2-10)16-9-11-3-6-13(16)7-8-15-11/h1-2,4-5,11,13,15H,3,6-9H2. The van der Waals surface area contributed by atoms with Crippen molar-refractivity contribution in [3.63, 3.8) is 0 Å². The minimum atomic E-state index is -0.151. The van der Waals surface area contributed by atoms with Gasteiger partial charge < -0.3 is 10.2 Å². The molecule has 3 heteroatoms. The lowest BCUT2D eigenvalue weighted by Gasteiger charge is -2.38. The van der Waals surface area contributed by atoms with Crippen LogP contribution in [-0.4, -0.2) is 25.2 Å². The van der Waals surface area contributed by atoms with Crippen LogP contribution in [0.15, 0.2) is 24.3 Å². The first-order valence-corrected chi connectivity index (χ1v) is 6.08. The second-order valence-corrected chi connectivity index (χ2v) is 4.80. The molecule has 4 rings (SSSR count). The van der Waals surface area contributed by atoms with Gasteiger partial charge in [-0.05, 0) is 50.1 Å². The molecule has 0 amide bonds. The number of fused-ring (bicyclic) bond motifs is 4. The van der Waals surface area contributed by atoms with Crippen molar-refractivity contribution in [3.8, 4) is 0 Å². The molecule has 0 aliphatic carbocycles. The minimum Gasteiger partial charge on any atom is -0.367 e. The number of benzene rings is 1. The number of anilines is 1. The number of piperidine rings is 1. The van der Waals surface area contributed by atoms with Gasteiger partial charge in [-0.25, -0.2) is 4.39 Å². The van der Waals surface area contributed by atoms with Crippen molar-refractivity contribution >= 4 is 5.69 Å². The topological polar surface area (TPSA) is 15.3 Å². The molecule has 2 unspecified atom stereocenters. The van der Waals surface area contributed by atoms with Gasteiger partial charge in [-0.1, -0.05) is 0 Å². The highest BCUT2D eigenvalue weighted by Gasteiger charge is 2.30. The van der Waals surface area contributed by atoms with Crippen molar-refractivity contribution in [1.29, 1.82) is 0 Å². The lowest BCUT2D eigenvalue weighted by Crippen LogP contribution is -2.46. The van der Waals surface area contributed by atoms with Crippen molar-refractivity contribution in [2.45, 2.75) is 31.3 Å². The van der Waals surface area contributed by atoms with Crippen LogP contribution in [0.1, 0.15) is 19.3 Å². The molecule has 0 aromatic heterocycles. The average molecular weight is 220 g/mol. The van der Waals surface area contributed by atoms with Crippen molar-refractivity contribution < 1.29 is 4.39 Å². The second kappa shape index (κ2) is 4.06. The number of nitrogens with one attached hydrogen (secondary N) is 1. The number of rotatable bonds is 1. The van der Waals surface area contributed by atoms with Crippen LogP contribution in [0.2, 0.25) is 0 Å². The Morgan fingerprint density at radius 1 is 1.12 bits per heavy atom. The van der Waals surface area contributed by atoms with E-state index >= 15 is 0 Å². The molecule has 3 saturated heterocycles. The zero-order valence-corrected chi connectivity index (χ0v) is 9.32. The van der Waals surface area contributed by atoms with Crippen molar-refractivity contribution in [3.05, 3.63) is 30.1 Å². The molecule has 16 heavy (non-hydrogen) atoms. The first-order valence-electron chi connectivity index (χ1n) is 6.08.